The van der Waals surface area contributed by atoms with E-state index < -0.39 is 0 Å². The van der Waals surface area contributed by atoms with Gasteiger partial charge in [0.2, 0.25) is 0 Å². The van der Waals surface area contributed by atoms with Crippen LogP contribution in [0.3, 0.4) is 0 Å². The average molecular weight is 722 g/mol. The molecule has 3 aromatic heterocycles. The topological polar surface area (TPSA) is 42.7 Å². The molecule has 0 atom stereocenters. The number of nitrogens with zero attached hydrogens (tertiary/aromatic N) is 1. The normalized spacial score (nSPS) is 12.0. The van der Waals surface area contributed by atoms with Gasteiger partial charge in [-0.2, -0.15) is 0 Å². The van der Waals surface area contributed by atoms with Gasteiger partial charge in [0.05, 0.1) is 5.69 Å². The van der Waals surface area contributed by atoms with Gasteiger partial charge in [-0.05, 0) is 102 Å². The van der Waals surface area contributed by atoms with Crippen LogP contribution in [0.5, 0.6) is 0 Å². The van der Waals surface area contributed by atoms with Crippen LogP contribution in [-0.4, -0.2) is 0 Å². The van der Waals surface area contributed by atoms with E-state index in [0.717, 1.165) is 111 Å². The summed E-state index contributed by atoms with van der Waals surface area (Å²) < 4.78 is 19.3. The smallest absolute Gasteiger partial charge is 0.142 e. The summed E-state index contributed by atoms with van der Waals surface area (Å²) in [5.41, 5.74) is 13.0. The second-order valence-corrected chi connectivity index (χ2v) is 14.4. The lowest BCUT2D eigenvalue weighted by atomic mass is 9.96. The van der Waals surface area contributed by atoms with Crippen LogP contribution in [0.4, 0.5) is 17.1 Å². The second-order valence-electron chi connectivity index (χ2n) is 14.4. The summed E-state index contributed by atoms with van der Waals surface area (Å²) in [6.07, 6.45) is 4.05. The van der Waals surface area contributed by atoms with Crippen molar-refractivity contribution in [2.75, 3.05) is 4.90 Å². The van der Waals surface area contributed by atoms with E-state index in [1.807, 2.05) is 31.2 Å². The van der Waals surface area contributed by atoms with Crippen molar-refractivity contribution >= 4 is 88.8 Å². The van der Waals surface area contributed by atoms with Crippen molar-refractivity contribution in [2.45, 2.75) is 13.8 Å². The molecule has 0 spiro atoms. The summed E-state index contributed by atoms with van der Waals surface area (Å²) in [5.74, 6) is 0.894. The molecule has 0 aliphatic carbocycles. The number of furan rings is 3. The molecule has 8 aromatic carbocycles. The van der Waals surface area contributed by atoms with E-state index in [9.17, 15) is 0 Å². The molecule has 0 aliphatic heterocycles. The first-order valence-corrected chi connectivity index (χ1v) is 19.0. The Balaban J connectivity index is 1.12. The molecule has 0 unspecified atom stereocenters. The van der Waals surface area contributed by atoms with Crippen LogP contribution in [0.25, 0.3) is 93.9 Å². The van der Waals surface area contributed by atoms with Crippen LogP contribution in [0.2, 0.25) is 0 Å². The molecule has 0 aliphatic rings. The van der Waals surface area contributed by atoms with Gasteiger partial charge in [-0.1, -0.05) is 109 Å². The van der Waals surface area contributed by atoms with Crippen molar-refractivity contribution in [1.29, 1.82) is 0 Å². The first-order valence-electron chi connectivity index (χ1n) is 19.0. The SMILES string of the molecule is C/C=C\c1oc2c(-c3ccc(N(c4ccc5oc6ccccc6c5c4)c4ccccc4-c4cccc5oc6cc7ccccc7cc6c45)cc3)cccc2c1C. The first-order chi connectivity index (χ1) is 27.6. The van der Waals surface area contributed by atoms with E-state index in [2.05, 4.69) is 163 Å². The number of benzene rings is 8. The molecular weight excluding hydrogens is 687 g/mol. The highest BCUT2D eigenvalue weighted by Crippen LogP contribution is 2.46. The highest BCUT2D eigenvalue weighted by atomic mass is 16.3. The number of allylic oxidation sites excluding steroid dienone is 1. The minimum Gasteiger partial charge on any atom is -0.456 e. The lowest BCUT2D eigenvalue weighted by molar-refractivity contribution is 0.602. The summed E-state index contributed by atoms with van der Waals surface area (Å²) in [4.78, 5) is 2.36. The van der Waals surface area contributed by atoms with Gasteiger partial charge >= 0.3 is 0 Å². The van der Waals surface area contributed by atoms with Crippen molar-refractivity contribution in [2.24, 2.45) is 0 Å². The quantitative estimate of drug-likeness (QED) is 0.171. The van der Waals surface area contributed by atoms with Crippen molar-refractivity contribution in [3.8, 4) is 22.3 Å². The lowest BCUT2D eigenvalue weighted by Crippen LogP contribution is -2.11. The Labute approximate surface area is 323 Å². The molecule has 11 aromatic rings. The summed E-state index contributed by atoms with van der Waals surface area (Å²) in [6, 6.07) is 57.9. The molecular formula is C52H35NO3. The molecule has 4 heteroatoms. The van der Waals surface area contributed by atoms with E-state index in [-0.39, 0.29) is 0 Å². The van der Waals surface area contributed by atoms with E-state index in [1.54, 1.807) is 0 Å². The molecule has 11 rings (SSSR count). The zero-order valence-electron chi connectivity index (χ0n) is 30.9. The predicted molar refractivity (Wildman–Crippen MR) is 233 cm³/mol. The number of rotatable bonds is 6. The summed E-state index contributed by atoms with van der Waals surface area (Å²) >= 11 is 0. The Morgan fingerprint density at radius 2 is 1.12 bits per heavy atom. The van der Waals surface area contributed by atoms with Crippen LogP contribution in [0.15, 0.2) is 183 Å². The number of hydrogen-bond acceptors (Lipinski definition) is 4. The molecule has 266 valence electrons. The Kier molecular flexibility index (Phi) is 7.26. The molecule has 0 saturated carbocycles. The minimum absolute atomic E-state index is 0.861. The second kappa shape index (κ2) is 12.6. The van der Waals surface area contributed by atoms with Crippen LogP contribution >= 0.6 is 0 Å². The van der Waals surface area contributed by atoms with Gasteiger partial charge in [-0.3, -0.25) is 0 Å². The van der Waals surface area contributed by atoms with Gasteiger partial charge in [0, 0.05) is 55.0 Å². The van der Waals surface area contributed by atoms with E-state index >= 15 is 0 Å². The Hall–Kier alpha value is -7.30. The van der Waals surface area contributed by atoms with Crippen molar-refractivity contribution in [3.05, 3.63) is 181 Å². The monoisotopic (exact) mass is 721 g/mol. The molecule has 0 bridgehead atoms. The van der Waals surface area contributed by atoms with Gasteiger partial charge in [0.1, 0.15) is 33.7 Å². The number of aryl methyl sites for hydroxylation is 1. The molecule has 56 heavy (non-hydrogen) atoms. The van der Waals surface area contributed by atoms with Gasteiger partial charge in [0.25, 0.3) is 0 Å². The molecule has 3 heterocycles. The van der Waals surface area contributed by atoms with E-state index in [1.165, 1.54) is 5.39 Å². The number of fused-ring (bicyclic) bond motifs is 8. The Morgan fingerprint density at radius 3 is 2.00 bits per heavy atom. The maximum absolute atomic E-state index is 6.55. The number of hydrogen-bond donors (Lipinski definition) is 0. The molecule has 0 radical (unpaired) electrons. The van der Waals surface area contributed by atoms with Gasteiger partial charge in [0.15, 0.2) is 0 Å². The zero-order valence-corrected chi connectivity index (χ0v) is 30.9. The third kappa shape index (κ3) is 5.00. The Bertz CT molecular complexity index is 3340. The van der Waals surface area contributed by atoms with Crippen molar-refractivity contribution in [1.82, 2.24) is 0 Å². The van der Waals surface area contributed by atoms with Crippen LogP contribution in [0, 0.1) is 6.92 Å². The summed E-state index contributed by atoms with van der Waals surface area (Å²) in [7, 11) is 0. The lowest BCUT2D eigenvalue weighted by Gasteiger charge is -2.28. The average Bonchev–Trinajstić information content (AvgIpc) is 3.91. The molecule has 0 saturated heterocycles. The molecule has 4 nitrogen and oxygen atoms in total. The highest BCUT2D eigenvalue weighted by Gasteiger charge is 2.22. The summed E-state index contributed by atoms with van der Waals surface area (Å²) in [6.45, 7) is 4.14. The van der Waals surface area contributed by atoms with Crippen molar-refractivity contribution < 1.29 is 13.3 Å². The van der Waals surface area contributed by atoms with Gasteiger partial charge < -0.3 is 18.2 Å². The third-order valence-corrected chi connectivity index (χ3v) is 11.2. The maximum atomic E-state index is 6.55. The van der Waals surface area contributed by atoms with E-state index in [0.29, 0.717) is 0 Å². The van der Waals surface area contributed by atoms with E-state index in [4.69, 9.17) is 13.3 Å². The first kappa shape index (κ1) is 32.2. The third-order valence-electron chi connectivity index (χ3n) is 11.2. The number of anilines is 3. The minimum atomic E-state index is 0.861. The Morgan fingerprint density at radius 1 is 0.464 bits per heavy atom. The van der Waals surface area contributed by atoms with Crippen LogP contribution in [0.1, 0.15) is 18.2 Å². The maximum Gasteiger partial charge on any atom is 0.142 e. The van der Waals surface area contributed by atoms with Crippen molar-refractivity contribution in [3.63, 3.8) is 0 Å². The van der Waals surface area contributed by atoms with Crippen LogP contribution in [-0.2, 0) is 0 Å². The largest absolute Gasteiger partial charge is 0.456 e. The summed E-state index contributed by atoms with van der Waals surface area (Å²) in [5, 5.41) is 7.85. The van der Waals surface area contributed by atoms with Gasteiger partial charge in [-0.25, -0.2) is 0 Å². The molecule has 0 N–H and O–H groups in total. The number of para-hydroxylation sites is 3. The standard InChI is InChI=1S/C52H35NO3/c1-3-12-46-32(2)38-17-10-18-39(52(38)56-46)33-23-25-36(26-24-33)53(37-27-28-48-43(31-37)41-16-7-9-21-47(41)54-48)45-20-8-6-15-40(45)42-19-11-22-49-51(42)44-29-34-13-4-5-14-35(34)30-50(44)55-49/h3-31H,1-2H3/b12-3-. The molecule has 0 amide bonds. The fraction of sp³-hybridized carbons (Fsp3) is 0.0385. The fourth-order valence-electron chi connectivity index (χ4n) is 8.50. The molecule has 0 fully saturated rings. The van der Waals surface area contributed by atoms with Gasteiger partial charge in [-0.15, -0.1) is 0 Å². The highest BCUT2D eigenvalue weighted by molar-refractivity contribution is 6.17. The fourth-order valence-corrected chi connectivity index (χ4v) is 8.50. The van der Waals surface area contributed by atoms with Crippen LogP contribution < -0.4 is 4.90 Å². The predicted octanol–water partition coefficient (Wildman–Crippen LogP) is 15.5. The zero-order chi connectivity index (χ0) is 37.3.